The van der Waals surface area contributed by atoms with Crippen molar-refractivity contribution in [1.29, 1.82) is 0 Å². The number of hydrogen-bond donors (Lipinski definition) is 2. The monoisotopic (exact) mass is 283 g/mol. The fourth-order valence-electron chi connectivity index (χ4n) is 1.20. The van der Waals surface area contributed by atoms with E-state index in [4.69, 9.17) is 5.11 Å². The first-order valence-electron chi connectivity index (χ1n) is 5.56. The molecular weight excluding hydrogens is 262 g/mol. The van der Waals surface area contributed by atoms with Crippen molar-refractivity contribution in [3.8, 4) is 0 Å². The lowest BCUT2D eigenvalue weighted by Gasteiger charge is -2.13. The lowest BCUT2D eigenvalue weighted by atomic mass is 10.2. The van der Waals surface area contributed by atoms with Crippen molar-refractivity contribution in [2.75, 3.05) is 23.8 Å². The number of sulfonamides is 1. The second kappa shape index (κ2) is 7.94. The van der Waals surface area contributed by atoms with Crippen LogP contribution in [-0.2, 0) is 14.8 Å². The van der Waals surface area contributed by atoms with Crippen molar-refractivity contribution in [1.82, 2.24) is 4.72 Å². The molecule has 1 atom stereocenters. The maximum absolute atomic E-state index is 11.5. The molecule has 0 rings (SSSR count). The van der Waals surface area contributed by atoms with Gasteiger partial charge in [-0.25, -0.2) is 13.1 Å². The van der Waals surface area contributed by atoms with Crippen LogP contribution in [0.2, 0.25) is 0 Å². The third kappa shape index (κ3) is 8.45. The van der Waals surface area contributed by atoms with Gasteiger partial charge in [0.2, 0.25) is 10.0 Å². The van der Waals surface area contributed by atoms with E-state index in [0.717, 1.165) is 5.75 Å². The highest BCUT2D eigenvalue weighted by Crippen LogP contribution is 2.08. The molecule has 0 aliphatic rings. The molecular formula is C10H21NO4S2. The molecule has 2 N–H and O–H groups in total. The Labute approximate surface area is 107 Å². The summed E-state index contributed by atoms with van der Waals surface area (Å²) in [5.41, 5.74) is 0. The predicted octanol–water partition coefficient (Wildman–Crippen LogP) is 1.02. The Morgan fingerprint density at radius 1 is 1.41 bits per heavy atom. The van der Waals surface area contributed by atoms with E-state index in [1.807, 2.05) is 6.92 Å². The van der Waals surface area contributed by atoms with E-state index in [2.05, 4.69) is 4.72 Å². The summed E-state index contributed by atoms with van der Waals surface area (Å²) in [7, 11) is -3.36. The van der Waals surface area contributed by atoms with Gasteiger partial charge in [0.25, 0.3) is 0 Å². The highest BCUT2D eigenvalue weighted by Gasteiger charge is 2.20. The van der Waals surface area contributed by atoms with Gasteiger partial charge in [0.1, 0.15) is 0 Å². The second-order valence-corrected chi connectivity index (χ2v) is 7.39. The van der Waals surface area contributed by atoms with Gasteiger partial charge in [0.05, 0.1) is 11.7 Å². The SMILES string of the molecule is CCSCC(CNS(=O)(=O)CC(C)C)C(=O)O. The lowest BCUT2D eigenvalue weighted by molar-refractivity contribution is -0.140. The smallest absolute Gasteiger partial charge is 0.308 e. The summed E-state index contributed by atoms with van der Waals surface area (Å²) in [6.07, 6.45) is 0. The molecule has 0 aliphatic carbocycles. The van der Waals surface area contributed by atoms with Gasteiger partial charge in [-0.15, -0.1) is 0 Å². The number of rotatable bonds is 9. The van der Waals surface area contributed by atoms with E-state index in [1.54, 1.807) is 13.8 Å². The molecule has 0 saturated carbocycles. The molecule has 0 fully saturated rings. The number of carbonyl (C=O) groups is 1. The highest BCUT2D eigenvalue weighted by atomic mass is 32.2. The van der Waals surface area contributed by atoms with Crippen LogP contribution in [0.15, 0.2) is 0 Å². The Kier molecular flexibility index (Phi) is 7.82. The normalized spacial score (nSPS) is 13.9. The number of aliphatic carboxylic acids is 1. The van der Waals surface area contributed by atoms with Crippen molar-refractivity contribution in [3.05, 3.63) is 0 Å². The third-order valence-electron chi connectivity index (χ3n) is 1.97. The van der Waals surface area contributed by atoms with Gasteiger partial charge in [0, 0.05) is 12.3 Å². The van der Waals surface area contributed by atoms with Crippen molar-refractivity contribution in [2.45, 2.75) is 20.8 Å². The molecule has 7 heteroatoms. The summed E-state index contributed by atoms with van der Waals surface area (Å²) >= 11 is 1.49. The van der Waals surface area contributed by atoms with E-state index < -0.39 is 21.9 Å². The molecule has 1 unspecified atom stereocenters. The van der Waals surface area contributed by atoms with E-state index in [9.17, 15) is 13.2 Å². The number of hydrogen-bond acceptors (Lipinski definition) is 4. The molecule has 0 radical (unpaired) electrons. The number of thioether (sulfide) groups is 1. The molecule has 0 aromatic carbocycles. The molecule has 0 spiro atoms. The van der Waals surface area contributed by atoms with Crippen molar-refractivity contribution >= 4 is 27.8 Å². The molecule has 17 heavy (non-hydrogen) atoms. The van der Waals surface area contributed by atoms with Gasteiger partial charge >= 0.3 is 5.97 Å². The Morgan fingerprint density at radius 3 is 2.41 bits per heavy atom. The molecule has 0 aliphatic heterocycles. The number of carboxylic acid groups (broad SMARTS) is 1. The second-order valence-electron chi connectivity index (χ2n) is 4.22. The highest BCUT2D eigenvalue weighted by molar-refractivity contribution is 7.99. The van der Waals surface area contributed by atoms with E-state index in [0.29, 0.717) is 5.75 Å². The van der Waals surface area contributed by atoms with Crippen LogP contribution in [-0.4, -0.2) is 43.3 Å². The minimum Gasteiger partial charge on any atom is -0.481 e. The standard InChI is InChI=1S/C10H21NO4S2/c1-4-16-6-9(10(12)13)5-11-17(14,15)7-8(2)3/h8-9,11H,4-7H2,1-3H3,(H,12,13). The average molecular weight is 283 g/mol. The van der Waals surface area contributed by atoms with Crippen LogP contribution < -0.4 is 4.72 Å². The summed E-state index contributed by atoms with van der Waals surface area (Å²) in [4.78, 5) is 10.9. The Hall–Kier alpha value is -0.270. The Balaban J connectivity index is 4.25. The van der Waals surface area contributed by atoms with E-state index >= 15 is 0 Å². The molecule has 0 heterocycles. The molecule has 0 amide bonds. The van der Waals surface area contributed by atoms with Crippen LogP contribution in [0.25, 0.3) is 0 Å². The topological polar surface area (TPSA) is 83.5 Å². The number of carboxylic acids is 1. The summed E-state index contributed by atoms with van der Waals surface area (Å²) in [5.74, 6) is -0.320. The summed E-state index contributed by atoms with van der Waals surface area (Å²) in [5, 5.41) is 8.93. The van der Waals surface area contributed by atoms with Gasteiger partial charge in [-0.3, -0.25) is 4.79 Å². The van der Waals surface area contributed by atoms with Gasteiger partial charge in [-0.05, 0) is 11.7 Å². The van der Waals surface area contributed by atoms with Crippen LogP contribution in [0.1, 0.15) is 20.8 Å². The van der Waals surface area contributed by atoms with Crippen molar-refractivity contribution in [3.63, 3.8) is 0 Å². The third-order valence-corrected chi connectivity index (χ3v) is 4.73. The van der Waals surface area contributed by atoms with E-state index in [-0.39, 0.29) is 18.2 Å². The largest absolute Gasteiger partial charge is 0.481 e. The van der Waals surface area contributed by atoms with Crippen molar-refractivity contribution < 1.29 is 18.3 Å². The summed E-state index contributed by atoms with van der Waals surface area (Å²) < 4.78 is 25.4. The summed E-state index contributed by atoms with van der Waals surface area (Å²) in [6.45, 7) is 5.52. The van der Waals surface area contributed by atoms with Gasteiger partial charge in [0.15, 0.2) is 0 Å². The predicted molar refractivity (Wildman–Crippen MR) is 70.8 cm³/mol. The van der Waals surface area contributed by atoms with Gasteiger partial charge in [-0.2, -0.15) is 11.8 Å². The maximum atomic E-state index is 11.5. The van der Waals surface area contributed by atoms with Crippen LogP contribution in [0.5, 0.6) is 0 Å². The first-order valence-corrected chi connectivity index (χ1v) is 8.37. The zero-order valence-electron chi connectivity index (χ0n) is 10.5. The van der Waals surface area contributed by atoms with E-state index in [1.165, 1.54) is 11.8 Å². The minimum atomic E-state index is -3.36. The summed E-state index contributed by atoms with van der Waals surface area (Å²) in [6, 6.07) is 0. The van der Waals surface area contributed by atoms with Crippen LogP contribution in [0.4, 0.5) is 0 Å². The van der Waals surface area contributed by atoms with Crippen LogP contribution >= 0.6 is 11.8 Å². The first-order chi connectivity index (χ1) is 7.78. The Bertz CT molecular complexity index is 327. The molecule has 0 bridgehead atoms. The van der Waals surface area contributed by atoms with Crippen molar-refractivity contribution in [2.24, 2.45) is 11.8 Å². The first kappa shape index (κ1) is 16.7. The Morgan fingerprint density at radius 2 is 2.00 bits per heavy atom. The molecule has 0 aromatic heterocycles. The molecule has 0 aromatic rings. The molecule has 0 saturated heterocycles. The average Bonchev–Trinajstić information content (AvgIpc) is 2.15. The minimum absolute atomic E-state index is 0.0280. The lowest BCUT2D eigenvalue weighted by Crippen LogP contribution is -2.36. The zero-order valence-corrected chi connectivity index (χ0v) is 12.1. The fourth-order valence-corrected chi connectivity index (χ4v) is 3.43. The van der Waals surface area contributed by atoms with Crippen LogP contribution in [0, 0.1) is 11.8 Å². The zero-order chi connectivity index (χ0) is 13.5. The number of nitrogens with one attached hydrogen (secondary N) is 1. The maximum Gasteiger partial charge on any atom is 0.308 e. The molecule has 102 valence electrons. The van der Waals surface area contributed by atoms with Crippen LogP contribution in [0.3, 0.4) is 0 Å². The molecule has 5 nitrogen and oxygen atoms in total. The van der Waals surface area contributed by atoms with Gasteiger partial charge in [-0.1, -0.05) is 20.8 Å². The van der Waals surface area contributed by atoms with Gasteiger partial charge < -0.3 is 5.11 Å². The fraction of sp³-hybridized carbons (Fsp3) is 0.900. The quantitative estimate of drug-likeness (QED) is 0.660.